The lowest BCUT2D eigenvalue weighted by atomic mass is 10.0. The molecule has 4 aromatic rings. The van der Waals surface area contributed by atoms with Gasteiger partial charge in [-0.05, 0) is 30.3 Å². The Balaban J connectivity index is 1.64. The van der Waals surface area contributed by atoms with E-state index in [4.69, 9.17) is 4.74 Å². The van der Waals surface area contributed by atoms with E-state index in [-0.39, 0.29) is 25.0 Å². The molecule has 7 nitrogen and oxygen atoms in total. The Hall–Kier alpha value is -4.65. The van der Waals surface area contributed by atoms with Crippen LogP contribution in [0, 0.1) is 0 Å². The molecule has 1 N–H and O–H groups in total. The van der Waals surface area contributed by atoms with Gasteiger partial charge in [0.2, 0.25) is 5.91 Å². The van der Waals surface area contributed by atoms with Crippen LogP contribution in [-0.4, -0.2) is 53.3 Å². The maximum absolute atomic E-state index is 13.4. The summed E-state index contributed by atoms with van der Waals surface area (Å²) in [5.74, 6) is -1.75. The monoisotopic (exact) mass is 590 g/mol. The molecule has 1 heterocycles. The first-order valence-corrected chi connectivity index (χ1v) is 12.5. The van der Waals surface area contributed by atoms with Crippen LogP contribution in [-0.2, 0) is 21.9 Å². The molecule has 42 heavy (non-hydrogen) atoms. The average molecular weight is 591 g/mol. The number of alkyl halides is 6. The average Bonchev–Trinajstić information content (AvgIpc) is 3.38. The predicted octanol–water partition coefficient (Wildman–Crippen LogP) is 6.30. The van der Waals surface area contributed by atoms with Crippen LogP contribution >= 0.6 is 0 Å². The Labute approximate surface area is 236 Å². The normalized spacial score (nSPS) is 11.8. The molecule has 0 aliphatic carbocycles. The van der Waals surface area contributed by atoms with Crippen molar-refractivity contribution in [3.8, 4) is 16.9 Å². The first-order valence-electron chi connectivity index (χ1n) is 12.5. The van der Waals surface area contributed by atoms with Gasteiger partial charge < -0.3 is 15.0 Å². The summed E-state index contributed by atoms with van der Waals surface area (Å²) in [6.07, 6.45) is -10.3. The highest BCUT2D eigenvalue weighted by atomic mass is 19.4. The summed E-state index contributed by atoms with van der Waals surface area (Å²) in [5.41, 5.74) is -2.28. The van der Waals surface area contributed by atoms with E-state index in [0.29, 0.717) is 23.5 Å². The number of aromatic nitrogens is 2. The van der Waals surface area contributed by atoms with Gasteiger partial charge in [0.05, 0.1) is 29.1 Å². The van der Waals surface area contributed by atoms with Gasteiger partial charge in [0.15, 0.2) is 0 Å². The zero-order valence-corrected chi connectivity index (χ0v) is 22.0. The summed E-state index contributed by atoms with van der Waals surface area (Å²) in [4.78, 5) is 27.2. The van der Waals surface area contributed by atoms with Crippen molar-refractivity contribution < 1.29 is 40.7 Å². The lowest BCUT2D eigenvalue weighted by Gasteiger charge is -2.23. The number of methoxy groups -OCH3 is 1. The molecule has 0 saturated heterocycles. The number of benzene rings is 3. The third-order valence-corrected chi connectivity index (χ3v) is 6.07. The van der Waals surface area contributed by atoms with Gasteiger partial charge in [-0.3, -0.25) is 9.59 Å². The SMILES string of the molecule is COCCN(CC(=O)Nc1cc(-c2ccccc2)nn1-c1ccccc1)C(=O)c1cc(C(F)(F)F)cc(C(F)(F)F)c1. The van der Waals surface area contributed by atoms with E-state index in [1.54, 1.807) is 36.4 Å². The van der Waals surface area contributed by atoms with E-state index in [1.807, 2.05) is 30.3 Å². The van der Waals surface area contributed by atoms with Gasteiger partial charge in [0, 0.05) is 30.8 Å². The summed E-state index contributed by atoms with van der Waals surface area (Å²) < 4.78 is 86.6. The van der Waals surface area contributed by atoms with Gasteiger partial charge in [-0.2, -0.15) is 31.4 Å². The second-order valence-electron chi connectivity index (χ2n) is 9.09. The summed E-state index contributed by atoms with van der Waals surface area (Å²) in [6.45, 7) is -1.11. The van der Waals surface area contributed by atoms with Crippen LogP contribution in [0.25, 0.3) is 16.9 Å². The second kappa shape index (κ2) is 12.5. The predicted molar refractivity (Wildman–Crippen MR) is 142 cm³/mol. The number of rotatable bonds is 9. The molecule has 4 rings (SSSR count). The van der Waals surface area contributed by atoms with Crippen molar-refractivity contribution in [1.29, 1.82) is 0 Å². The molecule has 0 saturated carbocycles. The van der Waals surface area contributed by atoms with Gasteiger partial charge in [-0.1, -0.05) is 48.5 Å². The van der Waals surface area contributed by atoms with Crippen LogP contribution in [0.3, 0.4) is 0 Å². The number of hydrogen-bond acceptors (Lipinski definition) is 4. The zero-order valence-electron chi connectivity index (χ0n) is 22.0. The number of hydrogen-bond donors (Lipinski definition) is 1. The van der Waals surface area contributed by atoms with Gasteiger partial charge >= 0.3 is 12.4 Å². The molecule has 0 atom stereocenters. The number of ether oxygens (including phenoxy) is 1. The van der Waals surface area contributed by atoms with Crippen LogP contribution < -0.4 is 5.32 Å². The van der Waals surface area contributed by atoms with Crippen molar-refractivity contribution in [3.63, 3.8) is 0 Å². The first kappa shape index (κ1) is 30.3. The highest BCUT2D eigenvalue weighted by Gasteiger charge is 2.38. The van der Waals surface area contributed by atoms with E-state index < -0.39 is 47.4 Å². The lowest BCUT2D eigenvalue weighted by Crippen LogP contribution is -2.40. The molecule has 0 radical (unpaired) electrons. The van der Waals surface area contributed by atoms with E-state index in [0.717, 1.165) is 10.5 Å². The number of nitrogens with one attached hydrogen (secondary N) is 1. The second-order valence-corrected chi connectivity index (χ2v) is 9.09. The highest BCUT2D eigenvalue weighted by molar-refractivity contribution is 5.99. The fourth-order valence-electron chi connectivity index (χ4n) is 4.06. The summed E-state index contributed by atoms with van der Waals surface area (Å²) in [5, 5.41) is 7.22. The minimum atomic E-state index is -5.14. The van der Waals surface area contributed by atoms with Crippen molar-refractivity contribution in [3.05, 3.63) is 102 Å². The van der Waals surface area contributed by atoms with Crippen LogP contribution in [0.2, 0.25) is 0 Å². The number of carbonyl (C=O) groups excluding carboxylic acids is 2. The Morgan fingerprint density at radius 2 is 1.43 bits per heavy atom. The van der Waals surface area contributed by atoms with Crippen LogP contribution in [0.5, 0.6) is 0 Å². The molecule has 220 valence electrons. The van der Waals surface area contributed by atoms with Crippen molar-refractivity contribution in [2.75, 3.05) is 32.1 Å². The van der Waals surface area contributed by atoms with Gasteiger partial charge in [-0.15, -0.1) is 0 Å². The molecule has 2 amide bonds. The smallest absolute Gasteiger partial charge is 0.383 e. The van der Waals surface area contributed by atoms with Crippen molar-refractivity contribution in [2.24, 2.45) is 0 Å². The molecule has 0 aliphatic rings. The molecule has 0 aliphatic heterocycles. The Morgan fingerprint density at radius 1 is 0.857 bits per heavy atom. The van der Waals surface area contributed by atoms with Crippen molar-refractivity contribution >= 4 is 17.6 Å². The minimum absolute atomic E-state index is 0.0714. The molecule has 0 fully saturated rings. The van der Waals surface area contributed by atoms with Crippen molar-refractivity contribution in [1.82, 2.24) is 14.7 Å². The third-order valence-electron chi connectivity index (χ3n) is 6.07. The fourth-order valence-corrected chi connectivity index (χ4v) is 4.06. The fraction of sp³-hybridized carbons (Fsp3) is 0.207. The Kier molecular flexibility index (Phi) is 9.00. The molecule has 0 bridgehead atoms. The molecule has 3 aromatic carbocycles. The van der Waals surface area contributed by atoms with Gasteiger partial charge in [0.1, 0.15) is 12.4 Å². The van der Waals surface area contributed by atoms with Crippen molar-refractivity contribution in [2.45, 2.75) is 12.4 Å². The zero-order chi connectivity index (χ0) is 30.5. The van der Waals surface area contributed by atoms with E-state index >= 15 is 0 Å². The number of para-hydroxylation sites is 1. The quantitative estimate of drug-likeness (QED) is 0.232. The Morgan fingerprint density at radius 3 is 1.98 bits per heavy atom. The molecule has 13 heteroatoms. The van der Waals surface area contributed by atoms with Crippen LogP contribution in [0.15, 0.2) is 84.9 Å². The van der Waals surface area contributed by atoms with Crippen LogP contribution in [0.4, 0.5) is 32.2 Å². The van der Waals surface area contributed by atoms with E-state index in [9.17, 15) is 35.9 Å². The first-order chi connectivity index (χ1) is 19.9. The maximum atomic E-state index is 13.4. The number of carbonyl (C=O) groups is 2. The topological polar surface area (TPSA) is 76.5 Å². The summed E-state index contributed by atoms with van der Waals surface area (Å²) >= 11 is 0. The number of nitrogens with zero attached hydrogens (tertiary/aromatic N) is 3. The number of halogens is 6. The maximum Gasteiger partial charge on any atom is 0.416 e. The highest BCUT2D eigenvalue weighted by Crippen LogP contribution is 2.36. The molecular weight excluding hydrogens is 566 g/mol. The largest absolute Gasteiger partial charge is 0.416 e. The number of amides is 2. The number of anilines is 1. The molecule has 1 aromatic heterocycles. The summed E-state index contributed by atoms with van der Waals surface area (Å²) in [6, 6.07) is 20.1. The third kappa shape index (κ3) is 7.35. The van der Waals surface area contributed by atoms with Crippen LogP contribution in [0.1, 0.15) is 21.5 Å². The van der Waals surface area contributed by atoms with E-state index in [2.05, 4.69) is 10.4 Å². The molecule has 0 unspecified atom stereocenters. The Bertz CT molecular complexity index is 1500. The standard InChI is InChI=1S/C29H24F6N4O3/c1-42-13-12-38(27(41)20-14-21(28(30,31)32)16-22(15-20)29(33,34)35)18-26(40)36-25-17-24(19-8-4-2-5-9-19)37-39(25)23-10-6-3-7-11-23/h2-11,14-17H,12-13,18H2,1H3,(H,36,40). The molecule has 0 spiro atoms. The van der Waals surface area contributed by atoms with E-state index in [1.165, 1.54) is 11.8 Å². The molecular formula is C29H24F6N4O3. The minimum Gasteiger partial charge on any atom is -0.383 e. The van der Waals surface area contributed by atoms with Gasteiger partial charge in [0.25, 0.3) is 5.91 Å². The summed E-state index contributed by atoms with van der Waals surface area (Å²) in [7, 11) is 1.29. The van der Waals surface area contributed by atoms with Gasteiger partial charge in [-0.25, -0.2) is 4.68 Å². The lowest BCUT2D eigenvalue weighted by molar-refractivity contribution is -0.143.